The first-order chi connectivity index (χ1) is 6.17. The van der Waals surface area contributed by atoms with E-state index in [2.05, 4.69) is 0 Å². The minimum atomic E-state index is -0.297. The Hall–Kier alpha value is -0.610. The van der Waals surface area contributed by atoms with E-state index in [1.165, 1.54) is 0 Å². The van der Waals surface area contributed by atoms with Gasteiger partial charge in [0.05, 0.1) is 12.5 Å². The van der Waals surface area contributed by atoms with Crippen LogP contribution in [0.2, 0.25) is 0 Å². The van der Waals surface area contributed by atoms with Crippen LogP contribution in [0.5, 0.6) is 0 Å². The lowest BCUT2D eigenvalue weighted by atomic mass is 9.95. The van der Waals surface area contributed by atoms with Gasteiger partial charge in [0.25, 0.3) is 0 Å². The minimum absolute atomic E-state index is 0.0110. The average molecular weight is 189 g/mol. The van der Waals surface area contributed by atoms with Gasteiger partial charge in [0.15, 0.2) is 0 Å². The zero-order valence-electron chi connectivity index (χ0n) is 8.32. The Bertz CT molecular complexity index is 150. The van der Waals surface area contributed by atoms with Crippen molar-refractivity contribution in [2.24, 2.45) is 11.7 Å². The molecule has 0 aromatic carbocycles. The van der Waals surface area contributed by atoms with E-state index in [-0.39, 0.29) is 24.5 Å². The molecule has 0 bridgehead atoms. The lowest BCUT2D eigenvalue weighted by Crippen LogP contribution is -2.37. The third-order valence-electron chi connectivity index (χ3n) is 2.01. The number of ether oxygens (including phenoxy) is 1. The average Bonchev–Trinajstić information content (AvgIpc) is 2.06. The van der Waals surface area contributed by atoms with Gasteiger partial charge in [-0.3, -0.25) is 4.79 Å². The summed E-state index contributed by atoms with van der Waals surface area (Å²) in [6, 6.07) is -0.297. The van der Waals surface area contributed by atoms with Gasteiger partial charge in [-0.25, -0.2) is 0 Å². The normalized spacial score (nSPS) is 15.1. The number of carbonyl (C=O) groups excluding carboxylic acids is 1. The molecule has 3 N–H and O–H groups in total. The molecule has 78 valence electrons. The third kappa shape index (κ3) is 4.24. The van der Waals surface area contributed by atoms with Crippen molar-refractivity contribution in [1.29, 1.82) is 0 Å². The van der Waals surface area contributed by atoms with Gasteiger partial charge in [-0.15, -0.1) is 0 Å². The number of nitrogens with two attached hydrogens (primary N) is 1. The summed E-state index contributed by atoms with van der Waals surface area (Å²) in [5, 5.41) is 8.66. The molecule has 0 rings (SSSR count). The van der Waals surface area contributed by atoms with Crippen molar-refractivity contribution in [3.05, 3.63) is 0 Å². The van der Waals surface area contributed by atoms with Crippen LogP contribution in [-0.4, -0.2) is 30.3 Å². The van der Waals surface area contributed by atoms with Crippen LogP contribution in [0.15, 0.2) is 0 Å². The fraction of sp³-hybridized carbons (Fsp3) is 0.889. The molecule has 0 fully saturated rings. The molecule has 0 aromatic heterocycles. The van der Waals surface area contributed by atoms with Crippen molar-refractivity contribution in [3.8, 4) is 0 Å². The molecule has 0 aliphatic rings. The summed E-state index contributed by atoms with van der Waals surface area (Å²) in [4.78, 5) is 11.3. The molecule has 0 aromatic rings. The van der Waals surface area contributed by atoms with E-state index < -0.39 is 0 Å². The van der Waals surface area contributed by atoms with E-state index in [1.54, 1.807) is 6.92 Å². The Kier molecular flexibility index (Phi) is 6.54. The molecule has 0 radical (unpaired) electrons. The third-order valence-corrected chi connectivity index (χ3v) is 2.01. The zero-order chi connectivity index (χ0) is 10.3. The Morgan fingerprint density at radius 1 is 1.54 bits per heavy atom. The van der Waals surface area contributed by atoms with Crippen LogP contribution in [0, 0.1) is 5.92 Å². The number of hydrogen-bond acceptors (Lipinski definition) is 4. The predicted octanol–water partition coefficient (Wildman–Crippen LogP) is 0.285. The lowest BCUT2D eigenvalue weighted by Gasteiger charge is -2.19. The largest absolute Gasteiger partial charge is 0.466 e. The number of carbonyl (C=O) groups is 1. The molecular formula is C9H19NO3. The number of aliphatic hydroxyl groups is 1. The molecule has 0 unspecified atom stereocenters. The topological polar surface area (TPSA) is 72.5 Å². The van der Waals surface area contributed by atoms with Gasteiger partial charge in [0, 0.05) is 12.6 Å². The molecule has 4 heteroatoms. The van der Waals surface area contributed by atoms with Crippen LogP contribution in [-0.2, 0) is 9.53 Å². The molecule has 2 atom stereocenters. The summed E-state index contributed by atoms with van der Waals surface area (Å²) in [7, 11) is 0. The summed E-state index contributed by atoms with van der Waals surface area (Å²) in [5.74, 6) is -0.543. The van der Waals surface area contributed by atoms with Gasteiger partial charge < -0.3 is 15.6 Å². The van der Waals surface area contributed by atoms with Gasteiger partial charge in [0.1, 0.15) is 0 Å². The standard InChI is InChI=1S/C9H19NO3/c1-3-7(8(10)5-6-11)9(12)13-4-2/h7-8,11H,3-6,10H2,1-2H3/t7-,8-/m1/s1. The first kappa shape index (κ1) is 12.4. The second kappa shape index (κ2) is 6.86. The summed E-state index contributed by atoms with van der Waals surface area (Å²) in [5.41, 5.74) is 5.71. The highest BCUT2D eigenvalue weighted by Crippen LogP contribution is 2.11. The highest BCUT2D eigenvalue weighted by atomic mass is 16.5. The van der Waals surface area contributed by atoms with Crippen LogP contribution in [0.1, 0.15) is 26.7 Å². The molecule has 0 saturated carbocycles. The smallest absolute Gasteiger partial charge is 0.310 e. The molecular weight excluding hydrogens is 170 g/mol. The molecule has 0 heterocycles. The van der Waals surface area contributed by atoms with Crippen molar-refractivity contribution in [2.75, 3.05) is 13.2 Å². The first-order valence-corrected chi connectivity index (χ1v) is 4.70. The van der Waals surface area contributed by atoms with Gasteiger partial charge >= 0.3 is 5.97 Å². The fourth-order valence-corrected chi connectivity index (χ4v) is 1.24. The lowest BCUT2D eigenvalue weighted by molar-refractivity contribution is -0.149. The van der Waals surface area contributed by atoms with Crippen molar-refractivity contribution in [1.82, 2.24) is 0 Å². The van der Waals surface area contributed by atoms with E-state index in [4.69, 9.17) is 15.6 Å². The minimum Gasteiger partial charge on any atom is -0.466 e. The Morgan fingerprint density at radius 2 is 2.15 bits per heavy atom. The maximum Gasteiger partial charge on any atom is 0.310 e. The van der Waals surface area contributed by atoms with Crippen LogP contribution < -0.4 is 5.73 Å². The van der Waals surface area contributed by atoms with Crippen molar-refractivity contribution in [3.63, 3.8) is 0 Å². The summed E-state index contributed by atoms with van der Waals surface area (Å²) in [6.07, 6.45) is 1.09. The highest BCUT2D eigenvalue weighted by Gasteiger charge is 2.24. The van der Waals surface area contributed by atoms with Gasteiger partial charge in [0.2, 0.25) is 0 Å². The van der Waals surface area contributed by atoms with E-state index in [0.29, 0.717) is 19.4 Å². The highest BCUT2D eigenvalue weighted by molar-refractivity contribution is 5.73. The summed E-state index contributed by atoms with van der Waals surface area (Å²) in [6.45, 7) is 4.04. The van der Waals surface area contributed by atoms with Gasteiger partial charge in [-0.2, -0.15) is 0 Å². The fourth-order valence-electron chi connectivity index (χ4n) is 1.24. The number of aliphatic hydroxyl groups excluding tert-OH is 1. The Labute approximate surface area is 79.1 Å². The van der Waals surface area contributed by atoms with Crippen molar-refractivity contribution >= 4 is 5.97 Å². The van der Waals surface area contributed by atoms with E-state index in [0.717, 1.165) is 0 Å². The van der Waals surface area contributed by atoms with E-state index in [1.807, 2.05) is 6.92 Å². The quantitative estimate of drug-likeness (QED) is 0.589. The number of rotatable bonds is 6. The van der Waals surface area contributed by atoms with Crippen LogP contribution in [0.25, 0.3) is 0 Å². The maximum atomic E-state index is 11.3. The molecule has 0 aliphatic carbocycles. The molecule has 0 saturated heterocycles. The molecule has 4 nitrogen and oxygen atoms in total. The zero-order valence-corrected chi connectivity index (χ0v) is 8.32. The monoisotopic (exact) mass is 189 g/mol. The maximum absolute atomic E-state index is 11.3. The van der Waals surface area contributed by atoms with Crippen molar-refractivity contribution in [2.45, 2.75) is 32.7 Å². The molecule has 0 amide bonds. The Balaban J connectivity index is 4.06. The number of hydrogen-bond donors (Lipinski definition) is 2. The van der Waals surface area contributed by atoms with Crippen LogP contribution >= 0.6 is 0 Å². The summed E-state index contributed by atoms with van der Waals surface area (Å²) >= 11 is 0. The molecule has 0 spiro atoms. The summed E-state index contributed by atoms with van der Waals surface area (Å²) < 4.78 is 4.86. The van der Waals surface area contributed by atoms with Crippen molar-refractivity contribution < 1.29 is 14.6 Å². The second-order valence-electron chi connectivity index (χ2n) is 2.94. The van der Waals surface area contributed by atoms with E-state index >= 15 is 0 Å². The van der Waals surface area contributed by atoms with Crippen LogP contribution in [0.3, 0.4) is 0 Å². The number of esters is 1. The van der Waals surface area contributed by atoms with E-state index in [9.17, 15) is 4.79 Å². The predicted molar refractivity (Wildman–Crippen MR) is 50.1 cm³/mol. The van der Waals surface area contributed by atoms with Crippen LogP contribution in [0.4, 0.5) is 0 Å². The second-order valence-corrected chi connectivity index (χ2v) is 2.94. The molecule has 13 heavy (non-hydrogen) atoms. The van der Waals surface area contributed by atoms with Gasteiger partial charge in [-0.05, 0) is 19.8 Å². The SMILES string of the molecule is CCOC(=O)[C@H](CC)[C@H](N)CCO. The Morgan fingerprint density at radius 3 is 2.54 bits per heavy atom. The first-order valence-electron chi connectivity index (χ1n) is 4.70. The molecule has 0 aliphatic heterocycles. The van der Waals surface area contributed by atoms with Gasteiger partial charge in [-0.1, -0.05) is 6.92 Å².